The highest BCUT2D eigenvalue weighted by Crippen LogP contribution is 2.30. The highest BCUT2D eigenvalue weighted by Gasteiger charge is 2.18. The second-order valence-corrected chi connectivity index (χ2v) is 7.87. The number of rotatable bonds is 8. The average Bonchev–Trinajstić information content (AvgIpc) is 3.03. The molecule has 0 fully saturated rings. The lowest BCUT2D eigenvalue weighted by atomic mass is 10.1. The lowest BCUT2D eigenvalue weighted by molar-refractivity contribution is -0.147. The Morgan fingerprint density at radius 2 is 1.94 bits per heavy atom. The van der Waals surface area contributed by atoms with Gasteiger partial charge in [-0.1, -0.05) is 30.3 Å². The van der Waals surface area contributed by atoms with Crippen LogP contribution in [0.25, 0.3) is 10.9 Å². The van der Waals surface area contributed by atoms with Crippen molar-refractivity contribution in [2.75, 3.05) is 13.7 Å². The van der Waals surface area contributed by atoms with Crippen molar-refractivity contribution in [2.24, 2.45) is 0 Å². The minimum atomic E-state index is -0.775. The van der Waals surface area contributed by atoms with E-state index >= 15 is 0 Å². The van der Waals surface area contributed by atoms with Crippen molar-refractivity contribution in [1.29, 1.82) is 0 Å². The highest BCUT2D eigenvalue weighted by atomic mass is 35.5. The fourth-order valence-corrected chi connectivity index (χ4v) is 3.68. The summed E-state index contributed by atoms with van der Waals surface area (Å²) < 4.78 is 17.7. The summed E-state index contributed by atoms with van der Waals surface area (Å²) in [6, 6.07) is 11.0. The van der Waals surface area contributed by atoms with E-state index in [0.29, 0.717) is 22.9 Å². The molecule has 32 heavy (non-hydrogen) atoms. The van der Waals surface area contributed by atoms with Crippen molar-refractivity contribution in [3.63, 3.8) is 0 Å². The van der Waals surface area contributed by atoms with Gasteiger partial charge in [-0.3, -0.25) is 0 Å². The minimum Gasteiger partial charge on any atom is -0.477 e. The maximum Gasteiger partial charge on any atom is 0.346 e. The molecule has 0 bridgehead atoms. The minimum absolute atomic E-state index is 0.172. The summed E-state index contributed by atoms with van der Waals surface area (Å²) in [5.74, 6) is -0.437. The Balaban J connectivity index is 1.93. The number of benzene rings is 2. The lowest BCUT2D eigenvalue weighted by Gasteiger charge is -2.15. The number of fused-ring (bicyclic) bond motifs is 1. The van der Waals surface area contributed by atoms with Crippen molar-refractivity contribution in [3.8, 4) is 5.75 Å². The lowest BCUT2D eigenvalue weighted by Crippen LogP contribution is -2.25. The Morgan fingerprint density at radius 1 is 1.19 bits per heavy atom. The number of carbonyl (C=O) groups excluding carboxylic acids is 2. The molecule has 0 unspecified atom stereocenters. The van der Waals surface area contributed by atoms with Gasteiger partial charge in [0.25, 0.3) is 0 Å². The molecule has 1 atom stereocenters. The Morgan fingerprint density at radius 3 is 2.62 bits per heavy atom. The van der Waals surface area contributed by atoms with E-state index in [9.17, 15) is 9.59 Å². The highest BCUT2D eigenvalue weighted by molar-refractivity contribution is 6.32. The Hall–Kier alpha value is -3.25. The average molecular weight is 456 g/mol. The number of esters is 2. The van der Waals surface area contributed by atoms with Gasteiger partial charge in [-0.05, 0) is 62.2 Å². The van der Waals surface area contributed by atoms with E-state index < -0.39 is 12.1 Å². The fraction of sp³-hybridized carbons (Fsp3) is 0.280. The van der Waals surface area contributed by atoms with Crippen LogP contribution in [0.5, 0.6) is 5.75 Å². The zero-order chi connectivity index (χ0) is 23.4. The quantitative estimate of drug-likeness (QED) is 0.343. The maximum absolute atomic E-state index is 12.2. The monoisotopic (exact) mass is 455 g/mol. The number of halogens is 1. The number of methoxy groups -OCH3 is 1. The number of ether oxygens (including phenoxy) is 3. The van der Waals surface area contributed by atoms with Gasteiger partial charge in [-0.15, -0.1) is 0 Å². The number of hydrogen-bond donors (Lipinski definition) is 0. The predicted octanol–water partition coefficient (Wildman–Crippen LogP) is 5.24. The molecule has 0 saturated heterocycles. The van der Waals surface area contributed by atoms with Gasteiger partial charge in [-0.25, -0.2) is 9.59 Å². The third-order valence-corrected chi connectivity index (χ3v) is 5.69. The summed E-state index contributed by atoms with van der Waals surface area (Å²) in [5.41, 5.74) is 4.62. The normalized spacial score (nSPS) is 11.8. The second-order valence-electron chi connectivity index (χ2n) is 7.46. The maximum atomic E-state index is 12.2. The molecular formula is C25H26ClNO5. The molecule has 6 nitrogen and oxygen atoms in total. The second kappa shape index (κ2) is 9.92. The first-order valence-electron chi connectivity index (χ1n) is 10.2. The summed E-state index contributed by atoms with van der Waals surface area (Å²) in [5, 5.41) is 1.40. The van der Waals surface area contributed by atoms with Crippen LogP contribution in [0.15, 0.2) is 49.1 Å². The van der Waals surface area contributed by atoms with Gasteiger partial charge in [0.05, 0.1) is 17.7 Å². The van der Waals surface area contributed by atoms with Crippen molar-refractivity contribution in [2.45, 2.75) is 33.4 Å². The summed E-state index contributed by atoms with van der Waals surface area (Å²) >= 11 is 6.27. The van der Waals surface area contributed by atoms with Gasteiger partial charge in [0.1, 0.15) is 12.4 Å². The Kier molecular flexibility index (Phi) is 7.26. The largest absolute Gasteiger partial charge is 0.477 e. The van der Waals surface area contributed by atoms with E-state index in [2.05, 4.69) is 11.1 Å². The Bertz CT molecular complexity index is 1180. The molecule has 3 aromatic rings. The molecule has 3 rings (SSSR count). The van der Waals surface area contributed by atoms with Crippen molar-refractivity contribution >= 4 is 34.4 Å². The van der Waals surface area contributed by atoms with Crippen LogP contribution >= 0.6 is 11.6 Å². The first kappa shape index (κ1) is 23.4. The van der Waals surface area contributed by atoms with Gasteiger partial charge in [0.2, 0.25) is 0 Å². The molecule has 0 aliphatic rings. The smallest absolute Gasteiger partial charge is 0.346 e. The van der Waals surface area contributed by atoms with E-state index in [1.807, 2.05) is 38.1 Å². The molecule has 168 valence electrons. The van der Waals surface area contributed by atoms with E-state index in [-0.39, 0.29) is 12.6 Å². The third kappa shape index (κ3) is 4.81. The van der Waals surface area contributed by atoms with Crippen LogP contribution in [-0.4, -0.2) is 36.3 Å². The zero-order valence-corrected chi connectivity index (χ0v) is 19.4. The van der Waals surface area contributed by atoms with Crippen molar-refractivity contribution in [3.05, 3.63) is 76.5 Å². The molecule has 1 aromatic heterocycles. The topological polar surface area (TPSA) is 66.8 Å². The number of hydrogen-bond acceptors (Lipinski definition) is 5. The standard InChI is InChI=1S/C25H26ClNO5/c1-6-11-31-25(29)19-8-10-22-20(13-19)15(2)16(3)27(22)14-18-7-9-21(26)23(12-18)32-17(4)24(28)30-5/h6-10,12-13,17H,1,11,14H2,2-5H3/t17-/m0/s1. The van der Waals surface area contributed by atoms with Gasteiger partial charge in [0.15, 0.2) is 6.10 Å². The van der Waals surface area contributed by atoms with Crippen LogP contribution in [0.2, 0.25) is 5.02 Å². The molecule has 2 aromatic carbocycles. The third-order valence-electron chi connectivity index (χ3n) is 5.38. The van der Waals surface area contributed by atoms with E-state index in [0.717, 1.165) is 27.7 Å². The fourth-order valence-electron chi connectivity index (χ4n) is 3.52. The predicted molar refractivity (Wildman–Crippen MR) is 125 cm³/mol. The van der Waals surface area contributed by atoms with Gasteiger partial charge < -0.3 is 18.8 Å². The van der Waals surface area contributed by atoms with Gasteiger partial charge in [-0.2, -0.15) is 0 Å². The zero-order valence-electron chi connectivity index (χ0n) is 18.6. The van der Waals surface area contributed by atoms with Crippen LogP contribution in [0.3, 0.4) is 0 Å². The van der Waals surface area contributed by atoms with Crippen LogP contribution in [0.1, 0.15) is 34.1 Å². The van der Waals surface area contributed by atoms with Crippen LogP contribution in [-0.2, 0) is 20.8 Å². The molecule has 0 N–H and O–H groups in total. The van der Waals surface area contributed by atoms with Gasteiger partial charge in [0, 0.05) is 23.1 Å². The van der Waals surface area contributed by atoms with Crippen LogP contribution in [0.4, 0.5) is 0 Å². The van der Waals surface area contributed by atoms with Gasteiger partial charge >= 0.3 is 11.9 Å². The number of carbonyl (C=O) groups is 2. The number of aromatic nitrogens is 1. The van der Waals surface area contributed by atoms with Crippen molar-refractivity contribution in [1.82, 2.24) is 4.57 Å². The molecule has 0 amide bonds. The molecule has 0 saturated carbocycles. The summed E-state index contributed by atoms with van der Waals surface area (Å²) in [6.07, 6.45) is 0.765. The van der Waals surface area contributed by atoms with E-state index in [4.69, 9.17) is 25.8 Å². The van der Waals surface area contributed by atoms with Crippen molar-refractivity contribution < 1.29 is 23.8 Å². The molecule has 0 spiro atoms. The first-order valence-corrected chi connectivity index (χ1v) is 10.5. The Labute approximate surface area is 192 Å². The van der Waals surface area contributed by atoms with Crippen LogP contribution < -0.4 is 4.74 Å². The van der Waals surface area contributed by atoms with Crippen LogP contribution in [0, 0.1) is 13.8 Å². The summed E-state index contributed by atoms with van der Waals surface area (Å²) in [6.45, 7) is 9.98. The summed E-state index contributed by atoms with van der Waals surface area (Å²) in [4.78, 5) is 23.9. The molecule has 1 heterocycles. The molecule has 7 heteroatoms. The van der Waals surface area contributed by atoms with E-state index in [1.165, 1.54) is 7.11 Å². The number of aryl methyl sites for hydroxylation is 1. The molecular weight excluding hydrogens is 430 g/mol. The SMILES string of the molecule is C=CCOC(=O)c1ccc2c(c1)c(C)c(C)n2Cc1ccc(Cl)c(O[C@@H](C)C(=O)OC)c1. The first-order chi connectivity index (χ1) is 15.3. The number of nitrogens with zero attached hydrogens (tertiary/aromatic N) is 1. The molecule has 0 aliphatic heterocycles. The summed E-state index contributed by atoms with van der Waals surface area (Å²) in [7, 11) is 1.31. The van der Waals surface area contributed by atoms with E-state index in [1.54, 1.807) is 25.1 Å². The molecule has 0 aliphatic carbocycles. The molecule has 0 radical (unpaired) electrons.